The van der Waals surface area contributed by atoms with Crippen LogP contribution in [0.3, 0.4) is 0 Å². The van der Waals surface area contributed by atoms with E-state index in [0.717, 1.165) is 25.6 Å². The Morgan fingerprint density at radius 1 is 1.22 bits per heavy atom. The summed E-state index contributed by atoms with van der Waals surface area (Å²) in [5.74, 6) is 0. The Balaban J connectivity index is 2.07. The van der Waals surface area contributed by atoms with E-state index >= 15 is 0 Å². The lowest BCUT2D eigenvalue weighted by Gasteiger charge is -2.42. The molecule has 2 nitrogen and oxygen atoms in total. The molecule has 1 fully saturated rings. The van der Waals surface area contributed by atoms with Crippen LogP contribution in [0.2, 0.25) is 0 Å². The maximum absolute atomic E-state index is 3.38. The molecule has 1 aliphatic rings. The minimum absolute atomic E-state index is 0.531. The fourth-order valence-corrected chi connectivity index (χ4v) is 2.68. The van der Waals surface area contributed by atoms with E-state index in [-0.39, 0.29) is 0 Å². The van der Waals surface area contributed by atoms with Crippen LogP contribution in [0.5, 0.6) is 0 Å². The Hall–Kier alpha value is -0.860. The Morgan fingerprint density at radius 2 is 1.89 bits per heavy atom. The summed E-state index contributed by atoms with van der Waals surface area (Å²) in [6.07, 6.45) is 2.35. The van der Waals surface area contributed by atoms with Crippen molar-refractivity contribution in [2.75, 3.05) is 19.6 Å². The molecule has 0 aromatic heterocycles. The minimum Gasteiger partial charge on any atom is -0.314 e. The zero-order chi connectivity index (χ0) is 13.0. The van der Waals surface area contributed by atoms with Crippen LogP contribution in [-0.4, -0.2) is 30.6 Å². The normalized spacial score (nSPS) is 17.8. The second-order valence-electron chi connectivity index (χ2n) is 5.32. The minimum atomic E-state index is 0.531. The maximum Gasteiger partial charge on any atom is 0.0351 e. The van der Waals surface area contributed by atoms with Crippen molar-refractivity contribution in [2.24, 2.45) is 0 Å². The zero-order valence-corrected chi connectivity index (χ0v) is 11.9. The van der Waals surface area contributed by atoms with Crippen LogP contribution in [0.1, 0.15) is 44.4 Å². The van der Waals surface area contributed by atoms with Crippen molar-refractivity contribution in [3.05, 3.63) is 35.4 Å². The maximum atomic E-state index is 3.38. The van der Waals surface area contributed by atoms with E-state index in [1.54, 1.807) is 0 Å². The van der Waals surface area contributed by atoms with Gasteiger partial charge in [0.05, 0.1) is 0 Å². The Morgan fingerprint density at radius 3 is 2.33 bits per heavy atom. The molecule has 1 atom stereocenters. The molecular formula is C16H26N2. The number of hydrogen-bond donors (Lipinski definition) is 1. The lowest BCUT2D eigenvalue weighted by molar-refractivity contribution is 0.103. The molecule has 0 aliphatic carbocycles. The van der Waals surface area contributed by atoms with Crippen molar-refractivity contribution in [2.45, 2.75) is 45.7 Å². The number of rotatable bonds is 6. The van der Waals surface area contributed by atoms with Crippen molar-refractivity contribution in [3.63, 3.8) is 0 Å². The number of hydrogen-bond acceptors (Lipinski definition) is 2. The van der Waals surface area contributed by atoms with Gasteiger partial charge >= 0.3 is 0 Å². The van der Waals surface area contributed by atoms with Gasteiger partial charge < -0.3 is 5.32 Å². The molecule has 1 N–H and O–H groups in total. The first-order valence-corrected chi connectivity index (χ1v) is 7.31. The first-order valence-electron chi connectivity index (χ1n) is 7.31. The molecule has 2 rings (SSSR count). The third-order valence-electron chi connectivity index (χ3n) is 4.08. The largest absolute Gasteiger partial charge is 0.314 e. The van der Waals surface area contributed by atoms with E-state index in [1.807, 2.05) is 0 Å². The topological polar surface area (TPSA) is 15.3 Å². The number of nitrogens with zero attached hydrogens (tertiary/aromatic N) is 1. The molecule has 0 bridgehead atoms. The van der Waals surface area contributed by atoms with Gasteiger partial charge in [0.1, 0.15) is 0 Å². The fourth-order valence-electron chi connectivity index (χ4n) is 2.68. The first kappa shape index (κ1) is 13.6. The summed E-state index contributed by atoms with van der Waals surface area (Å²) >= 11 is 0. The molecule has 1 aliphatic heterocycles. The summed E-state index contributed by atoms with van der Waals surface area (Å²) in [5.41, 5.74) is 2.88. The van der Waals surface area contributed by atoms with Gasteiger partial charge in [0, 0.05) is 25.2 Å². The Kier molecular flexibility index (Phi) is 4.79. The van der Waals surface area contributed by atoms with Crippen LogP contribution in [-0.2, 0) is 6.42 Å². The molecule has 1 heterocycles. The second-order valence-corrected chi connectivity index (χ2v) is 5.32. The van der Waals surface area contributed by atoms with Crippen molar-refractivity contribution in [1.82, 2.24) is 10.2 Å². The molecule has 0 amide bonds. The SMILES string of the molecule is CCCN(C1CNC1)C(C)c1ccc(CC)cc1. The van der Waals surface area contributed by atoms with Gasteiger partial charge in [0.2, 0.25) is 0 Å². The molecule has 1 unspecified atom stereocenters. The summed E-state index contributed by atoms with van der Waals surface area (Å²) in [4.78, 5) is 2.65. The highest BCUT2D eigenvalue weighted by molar-refractivity contribution is 5.25. The van der Waals surface area contributed by atoms with Gasteiger partial charge in [0.25, 0.3) is 0 Å². The average Bonchev–Trinajstić information content (AvgIpc) is 2.35. The molecule has 0 radical (unpaired) electrons. The van der Waals surface area contributed by atoms with Crippen LogP contribution in [0.15, 0.2) is 24.3 Å². The highest BCUT2D eigenvalue weighted by Crippen LogP contribution is 2.24. The lowest BCUT2D eigenvalue weighted by Crippen LogP contribution is -2.57. The molecule has 1 saturated heterocycles. The number of nitrogens with one attached hydrogen (secondary N) is 1. The molecular weight excluding hydrogens is 220 g/mol. The van der Waals surface area contributed by atoms with Crippen molar-refractivity contribution in [1.29, 1.82) is 0 Å². The van der Waals surface area contributed by atoms with Crippen LogP contribution in [0.4, 0.5) is 0 Å². The smallest absolute Gasteiger partial charge is 0.0351 e. The van der Waals surface area contributed by atoms with E-state index in [2.05, 4.69) is 55.3 Å². The van der Waals surface area contributed by atoms with Crippen LogP contribution in [0.25, 0.3) is 0 Å². The van der Waals surface area contributed by atoms with Crippen molar-refractivity contribution in [3.8, 4) is 0 Å². The average molecular weight is 246 g/mol. The quantitative estimate of drug-likeness (QED) is 0.830. The highest BCUT2D eigenvalue weighted by Gasteiger charge is 2.28. The molecule has 18 heavy (non-hydrogen) atoms. The van der Waals surface area contributed by atoms with E-state index in [1.165, 1.54) is 24.1 Å². The van der Waals surface area contributed by atoms with E-state index < -0.39 is 0 Å². The Bertz CT molecular complexity index is 354. The van der Waals surface area contributed by atoms with Crippen molar-refractivity contribution >= 4 is 0 Å². The van der Waals surface area contributed by atoms with E-state index in [9.17, 15) is 0 Å². The lowest BCUT2D eigenvalue weighted by atomic mass is 10.00. The molecule has 1 aromatic rings. The standard InChI is InChI=1S/C16H26N2/c1-4-10-18(16-11-17-12-16)13(3)15-8-6-14(5-2)7-9-15/h6-9,13,16-17H,4-5,10-12H2,1-3H3. The third-order valence-corrected chi connectivity index (χ3v) is 4.08. The third kappa shape index (κ3) is 2.93. The van der Waals surface area contributed by atoms with Gasteiger partial charge in [-0.1, -0.05) is 38.1 Å². The van der Waals surface area contributed by atoms with Crippen LogP contribution in [0, 0.1) is 0 Å². The highest BCUT2D eigenvalue weighted by atomic mass is 15.2. The summed E-state index contributed by atoms with van der Waals surface area (Å²) in [6.45, 7) is 10.3. The summed E-state index contributed by atoms with van der Waals surface area (Å²) in [7, 11) is 0. The van der Waals surface area contributed by atoms with Crippen LogP contribution >= 0.6 is 0 Å². The first-order chi connectivity index (χ1) is 8.76. The second kappa shape index (κ2) is 6.35. The molecule has 0 saturated carbocycles. The summed E-state index contributed by atoms with van der Waals surface area (Å²) < 4.78 is 0. The summed E-state index contributed by atoms with van der Waals surface area (Å²) in [5, 5.41) is 3.38. The molecule has 0 spiro atoms. The van der Waals surface area contributed by atoms with Crippen molar-refractivity contribution < 1.29 is 0 Å². The fraction of sp³-hybridized carbons (Fsp3) is 0.625. The molecule has 2 heteroatoms. The predicted molar refractivity (Wildman–Crippen MR) is 77.9 cm³/mol. The molecule has 100 valence electrons. The van der Waals surface area contributed by atoms with Gasteiger partial charge in [-0.2, -0.15) is 0 Å². The van der Waals surface area contributed by atoms with E-state index in [0.29, 0.717) is 6.04 Å². The van der Waals surface area contributed by atoms with E-state index in [4.69, 9.17) is 0 Å². The van der Waals surface area contributed by atoms with Gasteiger partial charge in [-0.3, -0.25) is 4.90 Å². The van der Waals surface area contributed by atoms with Gasteiger partial charge in [0.15, 0.2) is 0 Å². The number of benzene rings is 1. The predicted octanol–water partition coefficient (Wildman–Crippen LogP) is 2.99. The Labute approximate surface area is 111 Å². The zero-order valence-electron chi connectivity index (χ0n) is 11.9. The van der Waals surface area contributed by atoms with Gasteiger partial charge in [-0.05, 0) is 37.4 Å². The summed E-state index contributed by atoms with van der Waals surface area (Å²) in [6, 6.07) is 10.4. The van der Waals surface area contributed by atoms with Gasteiger partial charge in [-0.25, -0.2) is 0 Å². The van der Waals surface area contributed by atoms with Crippen LogP contribution < -0.4 is 5.32 Å². The monoisotopic (exact) mass is 246 g/mol. The molecule has 1 aromatic carbocycles. The van der Waals surface area contributed by atoms with Gasteiger partial charge in [-0.15, -0.1) is 0 Å². The number of aryl methyl sites for hydroxylation is 1.